The summed E-state index contributed by atoms with van der Waals surface area (Å²) in [7, 11) is 0. The fourth-order valence-electron chi connectivity index (χ4n) is 1.37. The minimum atomic E-state index is -4.86. The zero-order chi connectivity index (χ0) is 16.0. The van der Waals surface area contributed by atoms with Gasteiger partial charge in [0.2, 0.25) is 0 Å². The number of hydrogen-bond acceptors (Lipinski definition) is 4. The summed E-state index contributed by atoms with van der Waals surface area (Å²) < 4.78 is 39.8. The summed E-state index contributed by atoms with van der Waals surface area (Å²) in [5.41, 5.74) is 9.94. The van der Waals surface area contributed by atoms with Crippen molar-refractivity contribution < 1.29 is 27.5 Å². The van der Waals surface area contributed by atoms with E-state index < -0.39 is 24.1 Å². The number of amides is 3. The highest BCUT2D eigenvalue weighted by Crippen LogP contribution is 2.28. The van der Waals surface area contributed by atoms with Crippen LogP contribution in [0.5, 0.6) is 5.75 Å². The highest BCUT2D eigenvalue weighted by atomic mass is 19.4. The van der Waals surface area contributed by atoms with Crippen molar-refractivity contribution in [1.82, 2.24) is 10.6 Å². The van der Waals surface area contributed by atoms with E-state index in [4.69, 9.17) is 11.5 Å². The van der Waals surface area contributed by atoms with E-state index in [9.17, 15) is 22.8 Å². The normalized spacial score (nSPS) is 10.8. The number of nitrogen functional groups attached to an aromatic ring is 1. The third-order valence-electron chi connectivity index (χ3n) is 2.21. The van der Waals surface area contributed by atoms with E-state index in [2.05, 4.69) is 15.4 Å². The van der Waals surface area contributed by atoms with Crippen LogP contribution in [0.4, 0.5) is 23.7 Å². The number of carbonyl (C=O) groups excluding carboxylic acids is 2. The van der Waals surface area contributed by atoms with E-state index in [1.807, 2.05) is 0 Å². The molecule has 0 aliphatic heterocycles. The maximum atomic E-state index is 12.0. The molecule has 0 radical (unpaired) electrons. The van der Waals surface area contributed by atoms with Crippen LogP contribution in [0.15, 0.2) is 18.2 Å². The lowest BCUT2D eigenvalue weighted by Gasteiger charge is -2.12. The Morgan fingerprint density at radius 1 is 1.19 bits per heavy atom. The first-order valence-corrected chi connectivity index (χ1v) is 5.66. The van der Waals surface area contributed by atoms with E-state index in [0.717, 1.165) is 18.2 Å². The van der Waals surface area contributed by atoms with Crippen molar-refractivity contribution in [2.45, 2.75) is 6.36 Å². The largest absolute Gasteiger partial charge is 0.573 e. The van der Waals surface area contributed by atoms with Crippen LogP contribution in [0.25, 0.3) is 0 Å². The second-order valence-electron chi connectivity index (χ2n) is 3.85. The molecule has 21 heavy (non-hydrogen) atoms. The van der Waals surface area contributed by atoms with Gasteiger partial charge in [0.15, 0.2) is 5.75 Å². The van der Waals surface area contributed by atoms with Crippen LogP contribution in [0.1, 0.15) is 10.4 Å². The Labute approximate surface area is 117 Å². The van der Waals surface area contributed by atoms with Gasteiger partial charge in [0, 0.05) is 18.7 Å². The molecule has 10 heteroatoms. The molecule has 116 valence electrons. The third-order valence-corrected chi connectivity index (χ3v) is 2.21. The van der Waals surface area contributed by atoms with Crippen molar-refractivity contribution >= 4 is 17.6 Å². The number of carbonyl (C=O) groups is 2. The number of benzene rings is 1. The molecule has 3 amide bonds. The number of nitrogens with one attached hydrogen (secondary N) is 2. The molecule has 0 heterocycles. The summed E-state index contributed by atoms with van der Waals surface area (Å²) in [6, 6.07) is 2.40. The van der Waals surface area contributed by atoms with Gasteiger partial charge in [-0.1, -0.05) is 0 Å². The first kappa shape index (κ1) is 16.4. The number of hydrogen-bond donors (Lipinski definition) is 4. The summed E-state index contributed by atoms with van der Waals surface area (Å²) in [5.74, 6) is -1.15. The quantitative estimate of drug-likeness (QED) is 0.469. The number of ether oxygens (including phenoxy) is 1. The van der Waals surface area contributed by atoms with Crippen LogP contribution in [0, 0.1) is 0 Å². The van der Waals surface area contributed by atoms with Crippen LogP contribution in [-0.2, 0) is 0 Å². The molecule has 0 unspecified atom stereocenters. The molecule has 0 aliphatic rings. The monoisotopic (exact) mass is 306 g/mol. The molecule has 0 aromatic heterocycles. The Balaban J connectivity index is 2.62. The Bertz CT molecular complexity index is 534. The van der Waals surface area contributed by atoms with Gasteiger partial charge in [0.05, 0.1) is 5.69 Å². The average molecular weight is 306 g/mol. The summed E-state index contributed by atoms with van der Waals surface area (Å²) >= 11 is 0. The Morgan fingerprint density at radius 3 is 2.33 bits per heavy atom. The second-order valence-corrected chi connectivity index (χ2v) is 3.85. The highest BCUT2D eigenvalue weighted by Gasteiger charge is 2.32. The standard InChI is InChI=1S/C11H13F3N4O3/c12-11(13,14)21-8-2-1-6(5-7(8)15)9(19)17-3-4-18-10(16)20/h1-2,5H,3-4,15H2,(H,17,19)(H3,16,18,20). The van der Waals surface area contributed by atoms with Gasteiger partial charge >= 0.3 is 12.4 Å². The minimum absolute atomic E-state index is 0.0566. The molecule has 0 saturated carbocycles. The van der Waals surface area contributed by atoms with Gasteiger partial charge in [-0.15, -0.1) is 13.2 Å². The van der Waals surface area contributed by atoms with E-state index in [1.54, 1.807) is 0 Å². The lowest BCUT2D eigenvalue weighted by Crippen LogP contribution is -2.37. The van der Waals surface area contributed by atoms with Gasteiger partial charge in [-0.3, -0.25) is 4.79 Å². The molecule has 1 aromatic rings. The minimum Gasteiger partial charge on any atom is -0.404 e. The number of rotatable bonds is 5. The number of urea groups is 1. The molecule has 0 aliphatic carbocycles. The maximum absolute atomic E-state index is 12.0. The lowest BCUT2D eigenvalue weighted by atomic mass is 10.2. The maximum Gasteiger partial charge on any atom is 0.573 e. The first-order chi connectivity index (χ1) is 9.69. The van der Waals surface area contributed by atoms with Gasteiger partial charge in [-0.2, -0.15) is 0 Å². The fourth-order valence-corrected chi connectivity index (χ4v) is 1.37. The molecule has 0 saturated heterocycles. The second kappa shape index (κ2) is 6.68. The Morgan fingerprint density at radius 2 is 1.81 bits per heavy atom. The summed E-state index contributed by atoms with van der Waals surface area (Å²) in [4.78, 5) is 22.1. The van der Waals surface area contributed by atoms with Crippen LogP contribution in [0.3, 0.4) is 0 Å². The van der Waals surface area contributed by atoms with Crippen molar-refractivity contribution in [3.63, 3.8) is 0 Å². The lowest BCUT2D eigenvalue weighted by molar-refractivity contribution is -0.274. The molecule has 1 aromatic carbocycles. The third kappa shape index (κ3) is 5.89. The molecule has 7 nitrogen and oxygen atoms in total. The zero-order valence-corrected chi connectivity index (χ0v) is 10.7. The predicted molar refractivity (Wildman–Crippen MR) is 67.5 cm³/mol. The molecule has 0 fully saturated rings. The van der Waals surface area contributed by atoms with Crippen molar-refractivity contribution in [3.8, 4) is 5.75 Å². The van der Waals surface area contributed by atoms with Gasteiger partial charge in [0.25, 0.3) is 5.91 Å². The number of nitrogens with two attached hydrogens (primary N) is 2. The van der Waals surface area contributed by atoms with E-state index >= 15 is 0 Å². The van der Waals surface area contributed by atoms with E-state index in [-0.39, 0.29) is 24.3 Å². The van der Waals surface area contributed by atoms with Crippen molar-refractivity contribution in [1.29, 1.82) is 0 Å². The van der Waals surface area contributed by atoms with Crippen LogP contribution < -0.4 is 26.8 Å². The van der Waals surface area contributed by atoms with Crippen molar-refractivity contribution in [2.24, 2.45) is 5.73 Å². The average Bonchev–Trinajstić information content (AvgIpc) is 2.35. The van der Waals surface area contributed by atoms with Gasteiger partial charge in [-0.05, 0) is 18.2 Å². The predicted octanol–water partition coefficient (Wildman–Crippen LogP) is 0.566. The number of alkyl halides is 3. The first-order valence-electron chi connectivity index (χ1n) is 5.66. The molecular formula is C11H13F3N4O3. The van der Waals surface area contributed by atoms with Gasteiger partial charge < -0.3 is 26.8 Å². The van der Waals surface area contributed by atoms with Gasteiger partial charge in [0.1, 0.15) is 0 Å². The number of anilines is 1. The fraction of sp³-hybridized carbons (Fsp3) is 0.273. The topological polar surface area (TPSA) is 119 Å². The van der Waals surface area contributed by atoms with Crippen LogP contribution >= 0.6 is 0 Å². The Hall–Kier alpha value is -2.65. The van der Waals surface area contributed by atoms with Crippen LogP contribution in [-0.4, -0.2) is 31.4 Å². The smallest absolute Gasteiger partial charge is 0.404 e. The van der Waals surface area contributed by atoms with E-state index in [0.29, 0.717) is 0 Å². The molecule has 0 bridgehead atoms. The summed E-state index contributed by atoms with van der Waals surface area (Å²) in [6.45, 7) is 0.217. The summed E-state index contributed by atoms with van der Waals surface area (Å²) in [5, 5.41) is 4.67. The van der Waals surface area contributed by atoms with Crippen molar-refractivity contribution in [3.05, 3.63) is 23.8 Å². The molecule has 0 atom stereocenters. The van der Waals surface area contributed by atoms with Crippen LogP contribution in [0.2, 0.25) is 0 Å². The molecular weight excluding hydrogens is 293 g/mol. The highest BCUT2D eigenvalue weighted by molar-refractivity contribution is 5.95. The molecule has 1 rings (SSSR count). The molecule has 6 N–H and O–H groups in total. The van der Waals surface area contributed by atoms with Crippen molar-refractivity contribution in [2.75, 3.05) is 18.8 Å². The summed E-state index contributed by atoms with van der Waals surface area (Å²) in [6.07, 6.45) is -4.86. The Kier molecular flexibility index (Phi) is 5.22. The van der Waals surface area contributed by atoms with Gasteiger partial charge in [-0.25, -0.2) is 4.79 Å². The zero-order valence-electron chi connectivity index (χ0n) is 10.7. The molecule has 0 spiro atoms. The van der Waals surface area contributed by atoms with E-state index in [1.165, 1.54) is 0 Å². The number of halogens is 3. The number of primary amides is 1. The SMILES string of the molecule is NC(=O)NCCNC(=O)c1ccc(OC(F)(F)F)c(N)c1.